The van der Waals surface area contributed by atoms with E-state index in [1.807, 2.05) is 0 Å². The summed E-state index contributed by atoms with van der Waals surface area (Å²) in [4.78, 5) is 1.17. The Kier molecular flexibility index (Phi) is 4.89. The van der Waals surface area contributed by atoms with E-state index in [0.717, 1.165) is 30.4 Å². The SMILES string of the molecule is CC(C)(C)c1cc(S[C@@H]2CCC[C@H]2O)cc(C(C)(C)C)c1O. The van der Waals surface area contributed by atoms with E-state index in [4.69, 9.17) is 0 Å². The standard InChI is InChI=1S/C19H30O2S/c1-18(2,3)13-10-12(22-16-9-7-8-15(16)20)11-14(17(13)21)19(4,5)6/h10-11,15-16,20-21H,7-9H2,1-6H3/t15-,16-/m1/s1. The van der Waals surface area contributed by atoms with Crippen molar-refractivity contribution in [1.82, 2.24) is 0 Å². The highest BCUT2D eigenvalue weighted by Gasteiger charge is 2.30. The van der Waals surface area contributed by atoms with Crippen molar-refractivity contribution in [2.75, 3.05) is 0 Å². The predicted octanol–water partition coefficient (Wildman–Crippen LogP) is 4.99. The molecule has 1 saturated carbocycles. The third-order valence-corrected chi connectivity index (χ3v) is 5.77. The summed E-state index contributed by atoms with van der Waals surface area (Å²) in [5, 5.41) is 21.1. The smallest absolute Gasteiger partial charge is 0.123 e. The van der Waals surface area contributed by atoms with Crippen LogP contribution in [0, 0.1) is 0 Å². The second-order valence-corrected chi connectivity index (χ2v) is 9.83. The molecule has 0 spiro atoms. The monoisotopic (exact) mass is 322 g/mol. The van der Waals surface area contributed by atoms with Gasteiger partial charge in [-0.05, 0) is 42.2 Å². The maximum Gasteiger partial charge on any atom is 0.123 e. The minimum absolute atomic E-state index is 0.102. The molecule has 0 amide bonds. The van der Waals surface area contributed by atoms with E-state index in [9.17, 15) is 10.2 Å². The molecule has 1 aliphatic rings. The largest absolute Gasteiger partial charge is 0.507 e. The molecule has 0 saturated heterocycles. The second kappa shape index (κ2) is 6.09. The van der Waals surface area contributed by atoms with Crippen LogP contribution in [0.5, 0.6) is 5.75 Å². The summed E-state index contributed by atoms with van der Waals surface area (Å²) in [6.07, 6.45) is 2.89. The van der Waals surface area contributed by atoms with Crippen molar-refractivity contribution >= 4 is 11.8 Å². The molecule has 0 bridgehead atoms. The highest BCUT2D eigenvalue weighted by molar-refractivity contribution is 8.00. The Bertz CT molecular complexity index is 502. The van der Waals surface area contributed by atoms with Crippen molar-refractivity contribution in [2.45, 2.75) is 87.9 Å². The summed E-state index contributed by atoms with van der Waals surface area (Å²) in [5.41, 5.74) is 1.79. The third kappa shape index (κ3) is 3.80. The zero-order valence-corrected chi connectivity index (χ0v) is 15.5. The van der Waals surface area contributed by atoms with Gasteiger partial charge in [-0.1, -0.05) is 41.5 Å². The van der Waals surface area contributed by atoms with Crippen LogP contribution >= 0.6 is 11.8 Å². The lowest BCUT2D eigenvalue weighted by Gasteiger charge is -2.28. The second-order valence-electron chi connectivity index (χ2n) is 8.52. The van der Waals surface area contributed by atoms with Gasteiger partial charge in [0.25, 0.3) is 0 Å². The maximum atomic E-state index is 10.7. The van der Waals surface area contributed by atoms with Crippen LogP contribution < -0.4 is 0 Å². The first-order valence-corrected chi connectivity index (χ1v) is 9.11. The number of aliphatic hydroxyl groups excluding tert-OH is 1. The summed E-state index contributed by atoms with van der Waals surface area (Å²) >= 11 is 1.77. The van der Waals surface area contributed by atoms with Crippen molar-refractivity contribution < 1.29 is 10.2 Å². The van der Waals surface area contributed by atoms with Gasteiger partial charge in [0.15, 0.2) is 0 Å². The van der Waals surface area contributed by atoms with Gasteiger partial charge in [0.1, 0.15) is 5.75 Å². The number of benzene rings is 1. The number of phenolic OH excluding ortho intramolecular Hbond substituents is 1. The van der Waals surface area contributed by atoms with Crippen LogP contribution in [0.2, 0.25) is 0 Å². The van der Waals surface area contributed by atoms with Crippen molar-refractivity contribution in [3.05, 3.63) is 23.3 Å². The van der Waals surface area contributed by atoms with Gasteiger partial charge in [-0.25, -0.2) is 0 Å². The number of phenols is 1. The first-order valence-electron chi connectivity index (χ1n) is 8.23. The zero-order valence-electron chi connectivity index (χ0n) is 14.7. The molecule has 2 atom stereocenters. The number of aliphatic hydroxyl groups is 1. The molecule has 1 aliphatic carbocycles. The Morgan fingerprint density at radius 1 is 0.955 bits per heavy atom. The molecule has 0 unspecified atom stereocenters. The van der Waals surface area contributed by atoms with E-state index in [-0.39, 0.29) is 22.2 Å². The molecule has 2 N–H and O–H groups in total. The van der Waals surface area contributed by atoms with Gasteiger partial charge >= 0.3 is 0 Å². The van der Waals surface area contributed by atoms with Gasteiger partial charge in [-0.2, -0.15) is 0 Å². The topological polar surface area (TPSA) is 40.5 Å². The average Bonchev–Trinajstić information content (AvgIpc) is 2.74. The van der Waals surface area contributed by atoms with Crippen LogP contribution in [0.4, 0.5) is 0 Å². The van der Waals surface area contributed by atoms with Crippen molar-refractivity contribution in [2.24, 2.45) is 0 Å². The van der Waals surface area contributed by atoms with Gasteiger partial charge in [-0.3, -0.25) is 0 Å². The van der Waals surface area contributed by atoms with Crippen molar-refractivity contribution in [3.8, 4) is 5.75 Å². The molecular formula is C19H30O2S. The summed E-state index contributed by atoms with van der Waals surface area (Å²) < 4.78 is 0. The molecule has 2 nitrogen and oxygen atoms in total. The first-order chi connectivity index (χ1) is 10.00. The van der Waals surface area contributed by atoms with Crippen LogP contribution in [-0.2, 0) is 10.8 Å². The quantitative estimate of drug-likeness (QED) is 0.805. The van der Waals surface area contributed by atoms with E-state index in [1.165, 1.54) is 4.90 Å². The molecule has 22 heavy (non-hydrogen) atoms. The minimum atomic E-state index is -0.199. The lowest BCUT2D eigenvalue weighted by atomic mass is 9.79. The maximum absolute atomic E-state index is 10.7. The van der Waals surface area contributed by atoms with Crippen LogP contribution in [-0.4, -0.2) is 21.6 Å². The van der Waals surface area contributed by atoms with E-state index in [0.29, 0.717) is 5.75 Å². The number of hydrogen-bond donors (Lipinski definition) is 2. The molecule has 0 aliphatic heterocycles. The third-order valence-electron chi connectivity index (χ3n) is 4.40. The Labute approximate surface area is 139 Å². The van der Waals surface area contributed by atoms with Gasteiger partial charge in [0.05, 0.1) is 6.10 Å². The highest BCUT2D eigenvalue weighted by atomic mass is 32.2. The fourth-order valence-electron chi connectivity index (χ4n) is 3.04. The number of thioether (sulfide) groups is 1. The first kappa shape index (κ1) is 17.7. The van der Waals surface area contributed by atoms with Crippen LogP contribution in [0.3, 0.4) is 0 Å². The van der Waals surface area contributed by atoms with Crippen LogP contribution in [0.1, 0.15) is 71.9 Å². The Balaban J connectivity index is 2.46. The molecule has 124 valence electrons. The summed E-state index contributed by atoms with van der Waals surface area (Å²) in [5.74, 6) is 0.427. The molecule has 0 aromatic heterocycles. The van der Waals surface area contributed by atoms with E-state index < -0.39 is 0 Å². The Morgan fingerprint density at radius 2 is 1.45 bits per heavy atom. The van der Waals surface area contributed by atoms with E-state index in [1.54, 1.807) is 11.8 Å². The Hall–Kier alpha value is -0.670. The fourth-order valence-corrected chi connectivity index (χ4v) is 4.34. The lowest BCUT2D eigenvalue weighted by molar-refractivity contribution is 0.188. The molecule has 1 aromatic rings. The zero-order chi connectivity index (χ0) is 16.7. The van der Waals surface area contributed by atoms with Crippen molar-refractivity contribution in [3.63, 3.8) is 0 Å². The predicted molar refractivity (Wildman–Crippen MR) is 95.0 cm³/mol. The van der Waals surface area contributed by atoms with Gasteiger partial charge in [0, 0.05) is 21.3 Å². The normalized spacial score (nSPS) is 23.0. The minimum Gasteiger partial charge on any atom is -0.507 e. The number of hydrogen-bond acceptors (Lipinski definition) is 3. The van der Waals surface area contributed by atoms with Gasteiger partial charge in [0.2, 0.25) is 0 Å². The van der Waals surface area contributed by atoms with E-state index in [2.05, 4.69) is 53.7 Å². The molecule has 1 aromatic carbocycles. The molecule has 3 heteroatoms. The number of aromatic hydroxyl groups is 1. The summed E-state index contributed by atoms with van der Waals surface area (Å²) in [7, 11) is 0. The van der Waals surface area contributed by atoms with Gasteiger partial charge < -0.3 is 10.2 Å². The Morgan fingerprint density at radius 3 is 1.82 bits per heavy atom. The molecule has 0 heterocycles. The number of rotatable bonds is 2. The summed E-state index contributed by atoms with van der Waals surface area (Å²) in [6.45, 7) is 12.8. The molecule has 1 fully saturated rings. The lowest BCUT2D eigenvalue weighted by Crippen LogP contribution is -2.18. The molecule has 2 rings (SSSR count). The average molecular weight is 323 g/mol. The molecule has 0 radical (unpaired) electrons. The summed E-state index contributed by atoms with van der Waals surface area (Å²) in [6, 6.07) is 4.22. The highest BCUT2D eigenvalue weighted by Crippen LogP contribution is 2.44. The fraction of sp³-hybridized carbons (Fsp3) is 0.684. The van der Waals surface area contributed by atoms with Crippen LogP contribution in [0.15, 0.2) is 17.0 Å². The molecular weight excluding hydrogens is 292 g/mol. The van der Waals surface area contributed by atoms with Gasteiger partial charge in [-0.15, -0.1) is 11.8 Å². The van der Waals surface area contributed by atoms with Crippen molar-refractivity contribution in [1.29, 1.82) is 0 Å². The van der Waals surface area contributed by atoms with E-state index >= 15 is 0 Å². The van der Waals surface area contributed by atoms with Crippen LogP contribution in [0.25, 0.3) is 0 Å².